The second-order valence-electron chi connectivity index (χ2n) is 4.08. The van der Waals surface area contributed by atoms with Gasteiger partial charge in [0.2, 0.25) is 0 Å². The van der Waals surface area contributed by atoms with Gasteiger partial charge in [0.15, 0.2) is 0 Å². The Hall–Kier alpha value is -0.520. The summed E-state index contributed by atoms with van der Waals surface area (Å²) >= 11 is 1.49. The number of rotatable bonds is 6. The number of hydrogen-bond acceptors (Lipinski definition) is 5. The summed E-state index contributed by atoms with van der Waals surface area (Å²) in [5.74, 6) is 0.458. The number of nitrogens with zero attached hydrogens (tertiary/aromatic N) is 2. The van der Waals surface area contributed by atoms with Crippen LogP contribution in [-0.2, 0) is 6.54 Å². The van der Waals surface area contributed by atoms with E-state index < -0.39 is 0 Å². The topological polar surface area (TPSA) is 49.8 Å². The number of aromatic nitrogens is 2. The van der Waals surface area contributed by atoms with Crippen LogP contribution in [0.4, 0.5) is 0 Å². The van der Waals surface area contributed by atoms with Crippen LogP contribution in [0.5, 0.6) is 0 Å². The summed E-state index contributed by atoms with van der Waals surface area (Å²) in [5, 5.41) is 10.7. The van der Waals surface area contributed by atoms with Crippen LogP contribution in [0.15, 0.2) is 0 Å². The van der Waals surface area contributed by atoms with Crippen LogP contribution in [0.3, 0.4) is 0 Å². The molecule has 0 fully saturated rings. The minimum Gasteiger partial charge on any atom is -0.318 e. The third-order valence-electron chi connectivity index (χ3n) is 2.25. The van der Waals surface area contributed by atoms with E-state index in [-0.39, 0.29) is 0 Å². The lowest BCUT2D eigenvalue weighted by Gasteiger charge is -2.12. The largest absolute Gasteiger partial charge is 0.318 e. The third-order valence-corrected chi connectivity index (χ3v) is 2.99. The summed E-state index contributed by atoms with van der Waals surface area (Å²) in [7, 11) is 1.96. The van der Waals surface area contributed by atoms with E-state index in [9.17, 15) is 0 Å². The minimum atomic E-state index is 0.458. The van der Waals surface area contributed by atoms with E-state index in [1.807, 2.05) is 7.05 Å². The molecule has 0 amide bonds. The van der Waals surface area contributed by atoms with Crippen molar-refractivity contribution in [2.24, 2.45) is 0 Å². The first kappa shape index (κ1) is 12.5. The Kier molecular flexibility index (Phi) is 5.14. The first-order valence-electron chi connectivity index (χ1n) is 5.34. The van der Waals surface area contributed by atoms with Crippen LogP contribution in [-0.4, -0.2) is 29.2 Å². The Bertz CT molecular complexity index is 285. The number of hydrogen-bond donors (Lipinski definition) is 2. The Morgan fingerprint density at radius 2 is 2.07 bits per heavy atom. The first-order chi connectivity index (χ1) is 7.15. The molecule has 86 valence electrons. The van der Waals surface area contributed by atoms with Crippen molar-refractivity contribution in [3.8, 4) is 0 Å². The number of likely N-dealkylation sites (N-methyl/N-ethyl adjacent to an activating group) is 1. The minimum absolute atomic E-state index is 0.458. The van der Waals surface area contributed by atoms with Gasteiger partial charge in [0.05, 0.1) is 10.6 Å². The molecule has 0 saturated carbocycles. The Labute approximate surface area is 95.6 Å². The fourth-order valence-corrected chi connectivity index (χ4v) is 2.17. The van der Waals surface area contributed by atoms with Gasteiger partial charge in [-0.15, -0.1) is 5.10 Å². The standard InChI is InChI=1S/C10H20N4S/c1-7(2)10-9(15-14-13-10)6-12-8(3)5-11-4/h7-8,11-12H,5-6H2,1-4H3. The molecule has 0 aliphatic rings. The Morgan fingerprint density at radius 3 is 2.67 bits per heavy atom. The molecule has 1 heterocycles. The van der Waals surface area contributed by atoms with Gasteiger partial charge >= 0.3 is 0 Å². The zero-order chi connectivity index (χ0) is 11.3. The summed E-state index contributed by atoms with van der Waals surface area (Å²) in [6.07, 6.45) is 0. The van der Waals surface area contributed by atoms with Crippen molar-refractivity contribution in [2.75, 3.05) is 13.6 Å². The lowest BCUT2D eigenvalue weighted by molar-refractivity contribution is 0.523. The highest BCUT2D eigenvalue weighted by atomic mass is 32.1. The molecule has 1 atom stereocenters. The summed E-state index contributed by atoms with van der Waals surface area (Å²) < 4.78 is 4.00. The highest BCUT2D eigenvalue weighted by molar-refractivity contribution is 7.05. The van der Waals surface area contributed by atoms with Crippen LogP contribution in [0.25, 0.3) is 0 Å². The Morgan fingerprint density at radius 1 is 1.33 bits per heavy atom. The fourth-order valence-electron chi connectivity index (χ4n) is 1.42. The van der Waals surface area contributed by atoms with Crippen LogP contribution in [0, 0.1) is 0 Å². The molecule has 0 aromatic carbocycles. The molecular weight excluding hydrogens is 208 g/mol. The van der Waals surface area contributed by atoms with Crippen molar-refractivity contribution in [3.05, 3.63) is 10.6 Å². The lowest BCUT2D eigenvalue weighted by Crippen LogP contribution is -2.34. The van der Waals surface area contributed by atoms with Crippen molar-refractivity contribution in [3.63, 3.8) is 0 Å². The predicted octanol–water partition coefficient (Wildman–Crippen LogP) is 1.36. The highest BCUT2D eigenvalue weighted by Gasteiger charge is 2.11. The molecule has 0 bridgehead atoms. The maximum absolute atomic E-state index is 4.15. The quantitative estimate of drug-likeness (QED) is 0.772. The fraction of sp³-hybridized carbons (Fsp3) is 0.800. The summed E-state index contributed by atoms with van der Waals surface area (Å²) in [4.78, 5) is 1.26. The Balaban J connectivity index is 2.46. The maximum atomic E-state index is 4.15. The van der Waals surface area contributed by atoms with Crippen molar-refractivity contribution < 1.29 is 0 Å². The third kappa shape index (κ3) is 3.85. The monoisotopic (exact) mass is 228 g/mol. The second-order valence-corrected chi connectivity index (χ2v) is 4.91. The van der Waals surface area contributed by atoms with Crippen molar-refractivity contribution in [2.45, 2.75) is 39.3 Å². The second kappa shape index (κ2) is 6.15. The van der Waals surface area contributed by atoms with Gasteiger partial charge in [-0.05, 0) is 31.4 Å². The summed E-state index contributed by atoms with van der Waals surface area (Å²) in [5.41, 5.74) is 1.13. The molecule has 0 radical (unpaired) electrons. The van der Waals surface area contributed by atoms with Crippen LogP contribution in [0.2, 0.25) is 0 Å². The molecule has 0 spiro atoms. The average Bonchev–Trinajstić information content (AvgIpc) is 2.63. The molecule has 0 saturated heterocycles. The predicted molar refractivity (Wildman–Crippen MR) is 64.2 cm³/mol. The molecule has 2 N–H and O–H groups in total. The zero-order valence-electron chi connectivity index (χ0n) is 9.87. The molecule has 5 heteroatoms. The van der Waals surface area contributed by atoms with Gasteiger partial charge in [0, 0.05) is 19.1 Å². The summed E-state index contributed by atoms with van der Waals surface area (Å²) in [6, 6.07) is 0.470. The van der Waals surface area contributed by atoms with Crippen LogP contribution in [0.1, 0.15) is 37.3 Å². The van der Waals surface area contributed by atoms with E-state index in [1.54, 1.807) is 0 Å². The molecule has 1 unspecified atom stereocenters. The van der Waals surface area contributed by atoms with Crippen LogP contribution < -0.4 is 10.6 Å². The highest BCUT2D eigenvalue weighted by Crippen LogP contribution is 2.19. The lowest BCUT2D eigenvalue weighted by atomic mass is 10.1. The molecule has 0 aliphatic carbocycles. The first-order valence-corrected chi connectivity index (χ1v) is 6.11. The molecule has 4 nitrogen and oxygen atoms in total. The van der Waals surface area contributed by atoms with E-state index >= 15 is 0 Å². The zero-order valence-corrected chi connectivity index (χ0v) is 10.7. The van der Waals surface area contributed by atoms with Gasteiger partial charge in [-0.25, -0.2) is 0 Å². The van der Waals surface area contributed by atoms with E-state index in [1.165, 1.54) is 16.4 Å². The van der Waals surface area contributed by atoms with E-state index in [4.69, 9.17) is 0 Å². The molecule has 15 heavy (non-hydrogen) atoms. The van der Waals surface area contributed by atoms with E-state index in [0.29, 0.717) is 12.0 Å². The van der Waals surface area contributed by atoms with Crippen molar-refractivity contribution in [1.82, 2.24) is 20.2 Å². The normalized spacial score (nSPS) is 13.4. The smallest absolute Gasteiger partial charge is 0.0826 e. The molecule has 1 aromatic heterocycles. The SMILES string of the molecule is CNCC(C)NCc1snnc1C(C)C. The van der Waals surface area contributed by atoms with E-state index in [2.05, 4.69) is 41.0 Å². The van der Waals surface area contributed by atoms with Gasteiger partial charge in [0.1, 0.15) is 0 Å². The van der Waals surface area contributed by atoms with Crippen molar-refractivity contribution in [1.29, 1.82) is 0 Å². The van der Waals surface area contributed by atoms with Gasteiger partial charge in [-0.1, -0.05) is 18.3 Å². The van der Waals surface area contributed by atoms with E-state index in [0.717, 1.165) is 18.8 Å². The van der Waals surface area contributed by atoms with Gasteiger partial charge < -0.3 is 10.6 Å². The molecule has 1 rings (SSSR count). The maximum Gasteiger partial charge on any atom is 0.0826 e. The van der Waals surface area contributed by atoms with Crippen LogP contribution >= 0.6 is 11.5 Å². The number of nitrogens with one attached hydrogen (secondary N) is 2. The molecule has 0 aliphatic heterocycles. The van der Waals surface area contributed by atoms with Gasteiger partial charge in [-0.2, -0.15) is 0 Å². The molecular formula is C10H20N4S. The summed E-state index contributed by atoms with van der Waals surface area (Å²) in [6.45, 7) is 8.31. The molecule has 1 aromatic rings. The van der Waals surface area contributed by atoms with Gasteiger partial charge in [0.25, 0.3) is 0 Å². The van der Waals surface area contributed by atoms with Gasteiger partial charge in [-0.3, -0.25) is 0 Å². The average molecular weight is 228 g/mol. The van der Waals surface area contributed by atoms with Crippen molar-refractivity contribution >= 4 is 11.5 Å².